The molecular weight excluding hydrogens is 1350 g/mol. The molecule has 0 saturated heterocycles. The van der Waals surface area contributed by atoms with Gasteiger partial charge in [0.1, 0.15) is 53.5 Å². The van der Waals surface area contributed by atoms with Crippen molar-refractivity contribution in [1.82, 2.24) is 46.2 Å². The Balaban J connectivity index is 0.749. The molecule has 103 heavy (non-hydrogen) atoms. The fraction of sp³-hybridized carbons (Fsp3) is 0.364. The molecule has 4 aliphatic rings. The van der Waals surface area contributed by atoms with Gasteiger partial charge in [0.25, 0.3) is 10.1 Å². The maximum Gasteiger partial charge on any atom is 0.295 e. The van der Waals surface area contributed by atoms with Crippen molar-refractivity contribution < 1.29 is 54.6 Å². The minimum atomic E-state index is -5.01. The van der Waals surface area contributed by atoms with Gasteiger partial charge >= 0.3 is 0 Å². The number of primary amides is 1. The van der Waals surface area contributed by atoms with Crippen molar-refractivity contribution in [2.24, 2.45) is 11.5 Å². The van der Waals surface area contributed by atoms with Gasteiger partial charge in [-0.15, -0.1) is 0 Å². The Morgan fingerprint density at radius 2 is 1.37 bits per heavy atom. The van der Waals surface area contributed by atoms with Crippen molar-refractivity contribution in [1.29, 1.82) is 0 Å². The molecule has 2 aliphatic carbocycles. The molecule has 13 N–H and O–H groups in total. The number of amides is 6. The number of aromatic nitrogens is 1. The molecule has 544 valence electrons. The van der Waals surface area contributed by atoms with Crippen LogP contribution >= 0.6 is 0 Å². The molecule has 3 heterocycles. The Kier molecular flexibility index (Phi) is 25.2. The van der Waals surface area contributed by atoms with Crippen LogP contribution in [0, 0.1) is 0 Å². The molecule has 26 heteroatoms. The Labute approximate surface area is 600 Å². The molecule has 10 rings (SSSR count). The van der Waals surface area contributed by atoms with Crippen LogP contribution in [0.3, 0.4) is 0 Å². The number of carbonyl (C=O) groups excluding carboxylic acids is 6. The maximum atomic E-state index is 15.0. The number of benzene rings is 6. The number of aromatic amines is 1. The van der Waals surface area contributed by atoms with E-state index >= 15 is 4.79 Å². The second kappa shape index (κ2) is 34.3. The number of para-hydroxylation sites is 1. The van der Waals surface area contributed by atoms with Crippen LogP contribution in [0.25, 0.3) is 55.1 Å². The number of hydrogen-bond donors (Lipinski definition) is 11. The largest absolute Gasteiger partial charge is 0.456 e. The van der Waals surface area contributed by atoms with Crippen LogP contribution < -0.4 is 62.9 Å². The lowest BCUT2D eigenvalue weighted by Gasteiger charge is -2.27. The van der Waals surface area contributed by atoms with E-state index in [9.17, 15) is 45.4 Å². The van der Waals surface area contributed by atoms with E-state index in [-0.39, 0.29) is 67.6 Å². The molecule has 24 nitrogen and oxygen atoms in total. The minimum Gasteiger partial charge on any atom is -0.456 e. The highest BCUT2D eigenvalue weighted by Gasteiger charge is 2.36. The number of rotatable bonds is 35. The highest BCUT2D eigenvalue weighted by Crippen LogP contribution is 2.44. The van der Waals surface area contributed by atoms with Gasteiger partial charge in [-0.2, -0.15) is 8.42 Å². The zero-order valence-corrected chi connectivity index (χ0v) is 60.4. The summed E-state index contributed by atoms with van der Waals surface area (Å²) in [5.74, 6) is -3.27. The van der Waals surface area contributed by atoms with Crippen molar-refractivity contribution in [3.8, 4) is 22.5 Å². The number of nitrogens with zero attached hydrogens (tertiary/aromatic N) is 2. The molecule has 0 saturated carbocycles. The van der Waals surface area contributed by atoms with Gasteiger partial charge in [-0.1, -0.05) is 91.4 Å². The molecule has 0 fully saturated rings. The number of sulfonamides is 1. The van der Waals surface area contributed by atoms with E-state index < -0.39 is 84.8 Å². The molecule has 0 bridgehead atoms. The third-order valence-corrected chi connectivity index (χ3v) is 21.5. The lowest BCUT2D eigenvalue weighted by molar-refractivity contribution is -0.134. The van der Waals surface area contributed by atoms with Gasteiger partial charge in [-0.05, 0) is 143 Å². The fourth-order valence-electron chi connectivity index (χ4n) is 13.4. The van der Waals surface area contributed by atoms with Crippen LogP contribution in [-0.4, -0.2) is 137 Å². The summed E-state index contributed by atoms with van der Waals surface area (Å²) in [6.07, 6.45) is 12.4. The van der Waals surface area contributed by atoms with Gasteiger partial charge in [0.15, 0.2) is 0 Å². The molecule has 0 spiro atoms. The Hall–Kier alpha value is -9.99. The zero-order valence-electron chi connectivity index (χ0n) is 58.7. The van der Waals surface area contributed by atoms with E-state index in [1.165, 1.54) is 19.1 Å². The van der Waals surface area contributed by atoms with Crippen LogP contribution in [0.5, 0.6) is 0 Å². The quantitative estimate of drug-likeness (QED) is 0.00806. The molecule has 5 aromatic carbocycles. The van der Waals surface area contributed by atoms with Crippen LogP contribution in [0.2, 0.25) is 0 Å². The molecule has 2 aliphatic heterocycles. The monoisotopic (exact) mass is 1440 g/mol. The normalized spacial score (nSPS) is 15.1. The molecule has 6 aromatic rings. The number of H-pyrrole nitrogens is 1. The first-order chi connectivity index (χ1) is 49.5. The highest BCUT2D eigenvalue weighted by molar-refractivity contribution is 7.89. The van der Waals surface area contributed by atoms with Crippen LogP contribution in [0.15, 0.2) is 177 Å². The van der Waals surface area contributed by atoms with Gasteiger partial charge in [0, 0.05) is 115 Å². The number of anilines is 1. The van der Waals surface area contributed by atoms with Gasteiger partial charge in [0.05, 0.1) is 23.0 Å². The molecule has 1 aromatic heterocycles. The smallest absolute Gasteiger partial charge is 0.295 e. The van der Waals surface area contributed by atoms with E-state index in [1.54, 1.807) is 6.20 Å². The number of carbonyl (C=O) groups is 6. The summed E-state index contributed by atoms with van der Waals surface area (Å²) in [6, 6.07) is 29.9. The lowest BCUT2D eigenvalue weighted by Crippen LogP contribution is -2.59. The first-order valence-corrected chi connectivity index (χ1v) is 38.2. The third-order valence-electron chi connectivity index (χ3n) is 19.1. The molecular formula is C77H93N12O12S2+. The summed E-state index contributed by atoms with van der Waals surface area (Å²) in [6.45, 7) is 12.8. The summed E-state index contributed by atoms with van der Waals surface area (Å²) in [4.78, 5) is 88.1. The predicted molar refractivity (Wildman–Crippen MR) is 400 cm³/mol. The molecule has 0 radical (unpaired) electrons. The van der Waals surface area contributed by atoms with E-state index in [4.69, 9.17) is 15.9 Å². The van der Waals surface area contributed by atoms with Gasteiger partial charge < -0.3 is 57.7 Å². The minimum absolute atomic E-state index is 0.00209. The van der Waals surface area contributed by atoms with Crippen molar-refractivity contribution in [3.05, 3.63) is 180 Å². The number of unbranched alkanes of at least 4 members (excludes halogenated alkanes) is 3. The zero-order chi connectivity index (χ0) is 73.5. The number of fused-ring (bicyclic) bond motifs is 5. The molecule has 6 atom stereocenters. The van der Waals surface area contributed by atoms with Crippen LogP contribution in [0.1, 0.15) is 104 Å². The standard InChI is InChI=1S/C77H92N12O12S2/c1-6-88(7-2)54-31-34-59-68(43-54)101-69-44-55(89(8-3)9-4)32-35-60(69)72(59)61-36-33-56(45-70(61)103(98,99)100)102(96,97)83-38-19-10-11-28-71(90)80-37-20-18-27-64(73(79)91)84-75(93)65(40-49-29-30-50-21-12-13-22-51(50)39-49)86-77(95)67(42-53-47-82-63-26-17-15-24-58(53)63)87-76(94)66(85-74(92)48(5)78)41-52-46-81-62-25-16-14-23-57(52)62/h12-17,21-25,29-36,39,43-48,63-67,81-83H,6-11,18-20,26-28,37-38,40-42,78H2,1-5H3,(H7-,79,80,84,85,86,87,90,91,92,93,94,95,98,99,100)/p+1/t48-,63?,64-,65+,66-,67-/m0/s1. The summed E-state index contributed by atoms with van der Waals surface area (Å²) in [5, 5.41) is 21.8. The summed E-state index contributed by atoms with van der Waals surface area (Å²) < 4.78 is 76.2. The number of hydrogen-bond acceptors (Lipinski definition) is 14. The summed E-state index contributed by atoms with van der Waals surface area (Å²) >= 11 is 0. The summed E-state index contributed by atoms with van der Waals surface area (Å²) in [5.41, 5.74) is 18.3. The van der Waals surface area contributed by atoms with Crippen LogP contribution in [0.4, 0.5) is 5.69 Å². The molecule has 6 amide bonds. The fourth-order valence-corrected chi connectivity index (χ4v) is 15.3. The second-order valence-electron chi connectivity index (χ2n) is 26.1. The van der Waals surface area contributed by atoms with E-state index in [0.717, 1.165) is 81.7 Å². The third kappa shape index (κ3) is 18.8. The van der Waals surface area contributed by atoms with Crippen molar-refractivity contribution in [3.63, 3.8) is 0 Å². The lowest BCUT2D eigenvalue weighted by atomic mass is 9.91. The Morgan fingerprint density at radius 3 is 2.09 bits per heavy atom. The maximum absolute atomic E-state index is 15.0. The van der Waals surface area contributed by atoms with Gasteiger partial charge in [-0.3, -0.25) is 33.3 Å². The van der Waals surface area contributed by atoms with Crippen LogP contribution in [-0.2, 0) is 61.8 Å². The molecule has 1 unspecified atom stereocenters. The topological polar surface area (TPSA) is 362 Å². The second-order valence-corrected chi connectivity index (χ2v) is 29.3. The SMILES string of the molecule is CCN(CC)c1ccc2c(-c3ccc(S(=O)(=O)NCCCCCC(=O)NCCCC[C@H](NC(=O)[C@@H](Cc4ccc5ccccc5c4)NC(=O)[C@H](CC4=CNC5CC=CC=C45)NC(=O)[C@H](Cc4c[nH]c5ccccc45)NC(=O)[C@H](C)N)C(N)=O)cc3S(=O)(=O)O)c3ccc(=[N+](CC)CC)cc-3oc2c1. The number of allylic oxidation sites excluding steroid dienone is 2. The van der Waals surface area contributed by atoms with Crippen molar-refractivity contribution in [2.45, 2.75) is 151 Å². The number of nitrogens with one attached hydrogen (secondary N) is 8. The Morgan fingerprint density at radius 1 is 0.689 bits per heavy atom. The van der Waals surface area contributed by atoms with Crippen molar-refractivity contribution >= 4 is 93.9 Å². The summed E-state index contributed by atoms with van der Waals surface area (Å²) in [7, 11) is -9.32. The average molecular weight is 1440 g/mol. The highest BCUT2D eigenvalue weighted by atomic mass is 32.2. The first kappa shape index (κ1) is 75.7. The predicted octanol–water partition coefficient (Wildman–Crippen LogP) is 7.26. The van der Waals surface area contributed by atoms with Gasteiger partial charge in [0.2, 0.25) is 50.8 Å². The van der Waals surface area contributed by atoms with E-state index in [0.29, 0.717) is 71.9 Å². The first-order valence-electron chi connectivity index (χ1n) is 35.3. The van der Waals surface area contributed by atoms with E-state index in [2.05, 4.69) is 51.1 Å². The van der Waals surface area contributed by atoms with Gasteiger partial charge in [-0.25, -0.2) is 17.7 Å². The van der Waals surface area contributed by atoms with E-state index in [1.807, 2.05) is 155 Å². The average Bonchev–Trinajstić information content (AvgIpc) is 0.743. The Bertz CT molecular complexity index is 4840. The number of nitrogens with two attached hydrogens (primary N) is 2. The van der Waals surface area contributed by atoms with Crippen molar-refractivity contribution in [2.75, 3.05) is 44.2 Å².